The number of amides is 2. The average Bonchev–Trinajstić information content (AvgIpc) is 3.62. The summed E-state index contributed by atoms with van der Waals surface area (Å²) in [5.74, 6) is -0.342. The second-order valence-corrected chi connectivity index (χ2v) is 7.67. The molecular formula is C24H25F3N2O4. The second kappa shape index (κ2) is 11.0. The van der Waals surface area contributed by atoms with Crippen molar-refractivity contribution in [2.24, 2.45) is 0 Å². The van der Waals surface area contributed by atoms with Crippen LogP contribution in [0.4, 0.5) is 13.2 Å². The lowest BCUT2D eigenvalue weighted by molar-refractivity contribution is -0.139. The summed E-state index contributed by atoms with van der Waals surface area (Å²) >= 11 is 0. The number of ether oxygens (including phenoxy) is 1. The number of hydrogen-bond acceptors (Lipinski definition) is 4. The van der Waals surface area contributed by atoms with Crippen molar-refractivity contribution in [3.63, 3.8) is 0 Å². The number of carbonyl (C=O) groups excluding carboxylic acids is 2. The van der Waals surface area contributed by atoms with Gasteiger partial charge in [-0.1, -0.05) is 24.3 Å². The number of aliphatic hydroxyl groups excluding tert-OH is 1. The van der Waals surface area contributed by atoms with E-state index in [0.29, 0.717) is 5.92 Å². The van der Waals surface area contributed by atoms with Crippen molar-refractivity contribution in [2.75, 3.05) is 19.8 Å². The first-order valence-electron chi connectivity index (χ1n) is 10.6. The highest BCUT2D eigenvalue weighted by Crippen LogP contribution is 2.39. The molecule has 0 spiro atoms. The van der Waals surface area contributed by atoms with Crippen molar-refractivity contribution in [1.82, 2.24) is 10.6 Å². The molecule has 6 nitrogen and oxygen atoms in total. The predicted molar refractivity (Wildman–Crippen MR) is 117 cm³/mol. The Hall–Kier alpha value is -3.33. The number of rotatable bonds is 10. The summed E-state index contributed by atoms with van der Waals surface area (Å²) in [5.41, 5.74) is 2.16. The number of halogens is 3. The van der Waals surface area contributed by atoms with Crippen LogP contribution in [0, 0.1) is 0 Å². The molecule has 0 radical (unpaired) electrons. The molecule has 0 saturated heterocycles. The highest BCUT2D eigenvalue weighted by Gasteiger charge is 2.27. The van der Waals surface area contributed by atoms with Gasteiger partial charge in [0.15, 0.2) is 0 Å². The van der Waals surface area contributed by atoms with Gasteiger partial charge in [-0.25, -0.2) is 0 Å². The fraction of sp³-hybridized carbons (Fsp3) is 0.333. The first-order valence-corrected chi connectivity index (χ1v) is 10.6. The Morgan fingerprint density at radius 3 is 2.30 bits per heavy atom. The van der Waals surface area contributed by atoms with Crippen LogP contribution in [0.5, 0.6) is 5.75 Å². The topological polar surface area (TPSA) is 87.7 Å². The van der Waals surface area contributed by atoms with Crippen LogP contribution in [0.1, 0.15) is 46.7 Å². The van der Waals surface area contributed by atoms with Crippen LogP contribution in [-0.2, 0) is 4.79 Å². The van der Waals surface area contributed by atoms with Gasteiger partial charge in [0.2, 0.25) is 0 Å². The molecule has 0 bridgehead atoms. The van der Waals surface area contributed by atoms with Gasteiger partial charge in [-0.3, -0.25) is 9.59 Å². The summed E-state index contributed by atoms with van der Waals surface area (Å²) in [4.78, 5) is 25.2. The van der Waals surface area contributed by atoms with Crippen LogP contribution < -0.4 is 15.4 Å². The Balaban J connectivity index is 1.68. The molecular weight excluding hydrogens is 437 g/mol. The molecule has 1 saturated carbocycles. The zero-order valence-corrected chi connectivity index (χ0v) is 17.8. The third kappa shape index (κ3) is 7.94. The highest BCUT2D eigenvalue weighted by molar-refractivity contribution is 6.05. The molecule has 9 heteroatoms. The summed E-state index contributed by atoms with van der Waals surface area (Å²) in [6.45, 7) is -0.748. The monoisotopic (exact) mass is 462 g/mol. The minimum absolute atomic E-state index is 0.00174. The molecule has 1 aliphatic carbocycles. The molecule has 0 aliphatic heterocycles. The number of nitrogens with one attached hydrogen (secondary N) is 2. The van der Waals surface area contributed by atoms with Gasteiger partial charge < -0.3 is 20.5 Å². The van der Waals surface area contributed by atoms with Crippen molar-refractivity contribution in [2.45, 2.75) is 31.4 Å². The van der Waals surface area contributed by atoms with Crippen molar-refractivity contribution in [3.8, 4) is 5.75 Å². The molecule has 0 heterocycles. The van der Waals surface area contributed by atoms with Crippen LogP contribution in [0.25, 0.3) is 6.08 Å². The third-order valence-corrected chi connectivity index (χ3v) is 4.96. The van der Waals surface area contributed by atoms with E-state index in [2.05, 4.69) is 10.6 Å². The predicted octanol–water partition coefficient (Wildman–Crippen LogP) is 3.77. The Morgan fingerprint density at radius 1 is 1.06 bits per heavy atom. The smallest absolute Gasteiger partial charge is 0.392 e. The van der Waals surface area contributed by atoms with Gasteiger partial charge >= 0.3 is 6.18 Å². The van der Waals surface area contributed by atoms with Gasteiger partial charge in [0.05, 0.1) is 19.6 Å². The van der Waals surface area contributed by atoms with E-state index in [1.165, 1.54) is 48.7 Å². The van der Waals surface area contributed by atoms with Gasteiger partial charge in [-0.05, 0) is 60.2 Å². The Morgan fingerprint density at radius 2 is 1.73 bits per heavy atom. The SMILES string of the molecule is O=C(NCCO)C(=Cc1ccc(C2CC2)cc1)NC(=O)c1ccc(OCCC(F)(F)F)cc1. The van der Waals surface area contributed by atoms with E-state index in [1.54, 1.807) is 0 Å². The van der Waals surface area contributed by atoms with Gasteiger partial charge in [0.25, 0.3) is 11.8 Å². The lowest BCUT2D eigenvalue weighted by Crippen LogP contribution is -2.36. The molecule has 176 valence electrons. The molecule has 2 aromatic carbocycles. The maximum Gasteiger partial charge on any atom is 0.392 e. The van der Waals surface area contributed by atoms with Crippen LogP contribution in [0.2, 0.25) is 0 Å². The van der Waals surface area contributed by atoms with Gasteiger partial charge in [-0.2, -0.15) is 13.2 Å². The molecule has 2 amide bonds. The summed E-state index contributed by atoms with van der Waals surface area (Å²) in [6, 6.07) is 13.3. The molecule has 0 unspecified atom stereocenters. The summed E-state index contributed by atoms with van der Waals surface area (Å²) in [6.07, 6.45) is -1.50. The molecule has 0 atom stereocenters. The summed E-state index contributed by atoms with van der Waals surface area (Å²) in [7, 11) is 0. The number of benzene rings is 2. The molecule has 1 aliphatic rings. The minimum atomic E-state index is -4.31. The highest BCUT2D eigenvalue weighted by atomic mass is 19.4. The lowest BCUT2D eigenvalue weighted by atomic mass is 10.1. The zero-order valence-electron chi connectivity index (χ0n) is 17.8. The van der Waals surface area contributed by atoms with Crippen LogP contribution >= 0.6 is 0 Å². The summed E-state index contributed by atoms with van der Waals surface area (Å²) < 4.78 is 41.7. The fourth-order valence-corrected chi connectivity index (χ4v) is 3.05. The summed E-state index contributed by atoms with van der Waals surface area (Å²) in [5, 5.41) is 14.0. The maximum atomic E-state index is 12.7. The fourth-order valence-electron chi connectivity index (χ4n) is 3.05. The van der Waals surface area contributed by atoms with E-state index in [4.69, 9.17) is 9.84 Å². The van der Waals surface area contributed by atoms with E-state index < -0.39 is 31.0 Å². The number of hydrogen-bond donors (Lipinski definition) is 3. The molecule has 2 aromatic rings. The zero-order chi connectivity index (χ0) is 23.8. The number of carbonyl (C=O) groups is 2. The third-order valence-electron chi connectivity index (χ3n) is 4.96. The molecule has 33 heavy (non-hydrogen) atoms. The van der Waals surface area contributed by atoms with Crippen molar-refractivity contribution in [3.05, 3.63) is 70.9 Å². The number of alkyl halides is 3. The number of aliphatic hydroxyl groups is 1. The first-order chi connectivity index (χ1) is 15.7. The van der Waals surface area contributed by atoms with E-state index in [-0.39, 0.29) is 30.2 Å². The quantitative estimate of drug-likeness (QED) is 0.469. The van der Waals surface area contributed by atoms with Crippen LogP contribution in [0.15, 0.2) is 54.2 Å². The largest absolute Gasteiger partial charge is 0.493 e. The first kappa shape index (κ1) is 24.3. The Bertz CT molecular complexity index is 982. The van der Waals surface area contributed by atoms with Gasteiger partial charge in [0.1, 0.15) is 11.4 Å². The van der Waals surface area contributed by atoms with Crippen LogP contribution in [0.3, 0.4) is 0 Å². The van der Waals surface area contributed by atoms with E-state index >= 15 is 0 Å². The average molecular weight is 462 g/mol. The molecule has 1 fully saturated rings. The van der Waals surface area contributed by atoms with Crippen LogP contribution in [-0.4, -0.2) is 42.9 Å². The minimum Gasteiger partial charge on any atom is -0.493 e. The molecule has 3 rings (SSSR count). The molecule has 0 aromatic heterocycles. The van der Waals surface area contributed by atoms with Crippen molar-refractivity contribution >= 4 is 17.9 Å². The van der Waals surface area contributed by atoms with Gasteiger partial charge in [-0.15, -0.1) is 0 Å². The standard InChI is InChI=1S/C24H25F3N2O4/c25-24(26,27)11-14-33-20-9-7-19(8-10-20)22(31)29-21(23(32)28-12-13-30)15-16-1-3-17(4-2-16)18-5-6-18/h1-4,7-10,15,18,30H,5-6,11-14H2,(H,28,32)(H,29,31). The van der Waals surface area contributed by atoms with E-state index in [9.17, 15) is 22.8 Å². The maximum absolute atomic E-state index is 12.7. The van der Waals surface area contributed by atoms with Crippen molar-refractivity contribution in [1.29, 1.82) is 0 Å². The lowest BCUT2D eigenvalue weighted by Gasteiger charge is -2.12. The second-order valence-electron chi connectivity index (χ2n) is 7.67. The Kier molecular flexibility index (Phi) is 8.11. The van der Waals surface area contributed by atoms with E-state index in [0.717, 1.165) is 5.56 Å². The van der Waals surface area contributed by atoms with Gasteiger partial charge in [0, 0.05) is 12.1 Å². The van der Waals surface area contributed by atoms with Crippen molar-refractivity contribution < 1.29 is 32.6 Å². The van der Waals surface area contributed by atoms with E-state index in [1.807, 2.05) is 24.3 Å². The normalized spacial score (nSPS) is 14.0. The molecule has 3 N–H and O–H groups in total. The Labute approximate surface area is 189 Å².